The molecule has 6 N–H and O–H groups in total. The molecule has 2 aromatic rings. The second kappa shape index (κ2) is 9.12. The lowest BCUT2D eigenvalue weighted by Gasteiger charge is -2.38. The van der Waals surface area contributed by atoms with Crippen LogP contribution in [0.25, 0.3) is 0 Å². The van der Waals surface area contributed by atoms with E-state index >= 15 is 0 Å². The summed E-state index contributed by atoms with van der Waals surface area (Å²) in [4.78, 5) is 38.8. The maximum Gasteiger partial charge on any atom is 0.435 e. The normalized spacial score (nSPS) is 18.5. The summed E-state index contributed by atoms with van der Waals surface area (Å²) >= 11 is 1.84. The Hall–Kier alpha value is -3.18. The first kappa shape index (κ1) is 24.9. The minimum absolute atomic E-state index is 0.108. The minimum Gasteiger partial charge on any atom is -0.382 e. The van der Waals surface area contributed by atoms with Crippen molar-refractivity contribution >= 4 is 52.0 Å². The van der Waals surface area contributed by atoms with Crippen LogP contribution in [0.3, 0.4) is 0 Å². The zero-order chi connectivity index (χ0) is 25.5. The molecule has 16 heteroatoms. The second-order valence-electron chi connectivity index (χ2n) is 8.37. The lowest BCUT2D eigenvalue weighted by molar-refractivity contribution is -0.142. The predicted molar refractivity (Wildman–Crippen MR) is 127 cm³/mol. The van der Waals surface area contributed by atoms with E-state index in [9.17, 15) is 22.8 Å². The molecular weight excluding hydrogens is 584 g/mol. The van der Waals surface area contributed by atoms with E-state index in [0.29, 0.717) is 36.2 Å². The molecule has 188 valence electrons. The number of halogens is 4. The molecule has 0 radical (unpaired) electrons. The Morgan fingerprint density at radius 2 is 1.91 bits per heavy atom. The van der Waals surface area contributed by atoms with Gasteiger partial charge in [-0.25, -0.2) is 9.97 Å². The molecule has 0 aromatic carbocycles. The van der Waals surface area contributed by atoms with Crippen LogP contribution in [-0.2, 0) is 17.5 Å². The highest BCUT2D eigenvalue weighted by Crippen LogP contribution is 2.29. The number of aromatic nitrogens is 4. The summed E-state index contributed by atoms with van der Waals surface area (Å²) in [5.41, 5.74) is 10.1. The number of aliphatic imine (C=N–C) groups is 1. The van der Waals surface area contributed by atoms with Crippen LogP contribution in [0.2, 0.25) is 0 Å². The molecule has 1 spiro atoms. The van der Waals surface area contributed by atoms with Crippen LogP contribution in [0.15, 0.2) is 11.1 Å². The number of nitrogen functional groups attached to an aromatic ring is 2. The van der Waals surface area contributed by atoms with Crippen molar-refractivity contribution in [3.05, 3.63) is 26.8 Å². The Balaban J connectivity index is 1.36. The molecule has 0 unspecified atom stereocenters. The number of likely N-dealkylation sites (tertiary alicyclic amines) is 1. The highest BCUT2D eigenvalue weighted by atomic mass is 127. The van der Waals surface area contributed by atoms with Crippen LogP contribution in [-0.4, -0.2) is 67.6 Å². The summed E-state index contributed by atoms with van der Waals surface area (Å²) in [5, 5.41) is 9.78. The van der Waals surface area contributed by atoms with E-state index in [4.69, 9.17) is 11.5 Å². The van der Waals surface area contributed by atoms with E-state index in [1.807, 2.05) is 22.6 Å². The molecule has 35 heavy (non-hydrogen) atoms. The molecule has 4 heterocycles. The van der Waals surface area contributed by atoms with Crippen molar-refractivity contribution < 1.29 is 22.8 Å². The summed E-state index contributed by atoms with van der Waals surface area (Å²) in [6, 6.07) is 0.916. The standard InChI is InChI=1S/C19H22F3IN10O2/c1-9-6-10(19(20,21)22)31-33(9)7-11(34)32-4-2-18(3-5-32)8-26-17(30-18)29-16(35)12-14(24)28-15(25)13(23)27-12/h6H,2-5,7-8H2,1H3,(H4,24,25,28)(H2,26,29,30,35). The molecule has 0 aliphatic carbocycles. The molecule has 12 nitrogen and oxygen atoms in total. The fourth-order valence-corrected chi connectivity index (χ4v) is 4.30. The smallest absolute Gasteiger partial charge is 0.382 e. The largest absolute Gasteiger partial charge is 0.435 e. The zero-order valence-electron chi connectivity index (χ0n) is 18.5. The number of amides is 2. The minimum atomic E-state index is -4.57. The first-order chi connectivity index (χ1) is 16.4. The average Bonchev–Trinajstić information content (AvgIpc) is 3.34. The lowest BCUT2D eigenvalue weighted by Crippen LogP contribution is -2.54. The number of aryl methyl sites for hydroxylation is 1. The number of anilines is 2. The molecule has 2 aromatic heterocycles. The summed E-state index contributed by atoms with van der Waals surface area (Å²) in [6.45, 7) is 2.45. The van der Waals surface area contributed by atoms with Crippen molar-refractivity contribution in [1.29, 1.82) is 0 Å². The van der Waals surface area contributed by atoms with Crippen molar-refractivity contribution in [2.75, 3.05) is 31.1 Å². The summed E-state index contributed by atoms with van der Waals surface area (Å²) in [6.07, 6.45) is -3.47. The van der Waals surface area contributed by atoms with Gasteiger partial charge in [-0.15, -0.1) is 0 Å². The first-order valence-corrected chi connectivity index (χ1v) is 11.6. The molecule has 0 saturated carbocycles. The van der Waals surface area contributed by atoms with Crippen molar-refractivity contribution in [2.24, 2.45) is 4.99 Å². The van der Waals surface area contributed by atoms with Gasteiger partial charge in [0.25, 0.3) is 0 Å². The monoisotopic (exact) mass is 606 g/mol. The molecule has 0 bridgehead atoms. The Bertz CT molecular complexity index is 1200. The maximum absolute atomic E-state index is 12.9. The quantitative estimate of drug-likeness (QED) is 0.364. The number of nitrogens with one attached hydrogen (secondary N) is 2. The van der Waals surface area contributed by atoms with Gasteiger partial charge in [0.05, 0.1) is 5.54 Å². The Kier molecular flexibility index (Phi) is 6.50. The van der Waals surface area contributed by atoms with Crippen molar-refractivity contribution in [3.63, 3.8) is 0 Å². The van der Waals surface area contributed by atoms with Gasteiger partial charge in [0, 0.05) is 25.3 Å². The highest BCUT2D eigenvalue weighted by molar-refractivity contribution is 14.1. The van der Waals surface area contributed by atoms with Gasteiger partial charge in [-0.1, -0.05) is 0 Å². The first-order valence-electron chi connectivity index (χ1n) is 10.5. The number of hydrogen-bond acceptors (Lipinski definition) is 7. The number of piperidine rings is 1. The van der Waals surface area contributed by atoms with Gasteiger partial charge in [-0.05, 0) is 48.4 Å². The third-order valence-corrected chi connectivity index (χ3v) is 6.72. The lowest BCUT2D eigenvalue weighted by atomic mass is 9.88. The van der Waals surface area contributed by atoms with Crippen LogP contribution in [0, 0.1) is 10.6 Å². The number of guanidine groups is 1. The molecular formula is C19H22F3IN10O2. The van der Waals surface area contributed by atoms with Gasteiger partial charge in [-0.3, -0.25) is 14.3 Å². The van der Waals surface area contributed by atoms with Crippen LogP contribution in [0.1, 0.15) is 34.7 Å². The van der Waals surface area contributed by atoms with Gasteiger partial charge in [0.1, 0.15) is 10.2 Å². The van der Waals surface area contributed by atoms with E-state index in [1.165, 1.54) is 6.92 Å². The van der Waals surface area contributed by atoms with Crippen LogP contribution in [0.4, 0.5) is 24.8 Å². The number of rotatable bonds is 3. The molecule has 2 amide bonds. The number of nitrogens with two attached hydrogens (primary N) is 2. The van der Waals surface area contributed by atoms with Crippen LogP contribution >= 0.6 is 22.6 Å². The topological polar surface area (TPSA) is 169 Å². The number of alkyl halides is 3. The van der Waals surface area contributed by atoms with Gasteiger partial charge in [0.2, 0.25) is 5.91 Å². The Morgan fingerprint density at radius 3 is 2.54 bits per heavy atom. The highest BCUT2D eigenvalue weighted by Gasteiger charge is 2.41. The summed E-state index contributed by atoms with van der Waals surface area (Å²) in [7, 11) is 0. The Morgan fingerprint density at radius 1 is 1.23 bits per heavy atom. The Labute approximate surface area is 210 Å². The van der Waals surface area contributed by atoms with Gasteiger partial charge in [0.15, 0.2) is 29.0 Å². The fraction of sp³-hybridized carbons (Fsp3) is 0.474. The third kappa shape index (κ3) is 5.25. The van der Waals surface area contributed by atoms with Gasteiger partial charge >= 0.3 is 12.1 Å². The molecule has 0 atom stereocenters. The van der Waals surface area contributed by atoms with Crippen LogP contribution in [0.5, 0.6) is 0 Å². The van der Waals surface area contributed by atoms with Gasteiger partial charge in [-0.2, -0.15) is 23.3 Å². The molecule has 2 aliphatic heterocycles. The summed E-state index contributed by atoms with van der Waals surface area (Å²) in [5.74, 6) is -0.739. The molecule has 2 aliphatic rings. The second-order valence-corrected chi connectivity index (χ2v) is 9.39. The number of carbonyl (C=O) groups excluding carboxylic acids is 2. The average molecular weight is 606 g/mol. The predicted octanol–water partition coefficient (Wildman–Crippen LogP) is 0.520. The zero-order valence-corrected chi connectivity index (χ0v) is 20.6. The molecule has 2 fully saturated rings. The molecule has 4 rings (SSSR count). The number of nitrogens with zero attached hydrogens (tertiary/aromatic N) is 6. The van der Waals surface area contributed by atoms with Crippen molar-refractivity contribution in [3.8, 4) is 0 Å². The third-order valence-electron chi connectivity index (χ3n) is 5.93. The van der Waals surface area contributed by atoms with Gasteiger partial charge < -0.3 is 27.0 Å². The van der Waals surface area contributed by atoms with E-state index in [1.54, 1.807) is 4.90 Å². The van der Waals surface area contributed by atoms with E-state index in [2.05, 4.69) is 30.7 Å². The number of hydrogen-bond donors (Lipinski definition) is 4. The van der Waals surface area contributed by atoms with Crippen molar-refractivity contribution in [2.45, 2.75) is 38.0 Å². The maximum atomic E-state index is 12.9. The SMILES string of the molecule is Cc1cc(C(F)(F)F)nn1CC(=O)N1CCC2(CC1)CN/C(=N\C(=O)c1nc(I)c(N)nc1N)N2. The molecule has 2 saturated heterocycles. The van der Waals surface area contributed by atoms with E-state index in [0.717, 1.165) is 10.7 Å². The number of carbonyl (C=O) groups is 2. The van der Waals surface area contributed by atoms with E-state index in [-0.39, 0.29) is 41.4 Å². The summed E-state index contributed by atoms with van der Waals surface area (Å²) < 4.78 is 40.0. The van der Waals surface area contributed by atoms with E-state index < -0.39 is 23.3 Å². The van der Waals surface area contributed by atoms with Crippen LogP contribution < -0.4 is 22.1 Å². The van der Waals surface area contributed by atoms with Crippen molar-refractivity contribution in [1.82, 2.24) is 35.3 Å². The fourth-order valence-electron chi connectivity index (χ4n) is 3.94.